The molecule has 0 spiro atoms. The molecule has 8 nitrogen and oxygen atoms in total. The topological polar surface area (TPSA) is 111 Å². The normalized spacial score (nSPS) is 10.7. The summed E-state index contributed by atoms with van der Waals surface area (Å²) in [5, 5.41) is 16.5. The van der Waals surface area contributed by atoms with Crippen LogP contribution in [-0.4, -0.2) is 23.0 Å². The van der Waals surface area contributed by atoms with Crippen molar-refractivity contribution in [3.05, 3.63) is 91.7 Å². The third kappa shape index (κ3) is 5.11. The zero-order chi connectivity index (χ0) is 20.8. The molecule has 1 aromatic heterocycles. The molecule has 0 saturated heterocycles. The summed E-state index contributed by atoms with van der Waals surface area (Å²) in [7, 11) is 0. The van der Waals surface area contributed by atoms with Gasteiger partial charge in [0.2, 0.25) is 0 Å². The first-order chi connectivity index (χ1) is 13.9. The monoisotopic (exact) mass is 409 g/mol. The highest BCUT2D eigenvalue weighted by Crippen LogP contribution is 2.20. The van der Waals surface area contributed by atoms with E-state index in [2.05, 4.69) is 10.5 Å². The molecule has 2 aromatic carbocycles. The van der Waals surface area contributed by atoms with E-state index in [1.807, 2.05) is 0 Å². The summed E-state index contributed by atoms with van der Waals surface area (Å²) in [5.41, 5.74) is 3.66. The smallest absolute Gasteiger partial charge is 0.343 e. The van der Waals surface area contributed by atoms with Gasteiger partial charge in [0.25, 0.3) is 11.6 Å². The number of nitro groups is 1. The van der Waals surface area contributed by atoms with Crippen LogP contribution < -0.4 is 10.2 Å². The summed E-state index contributed by atoms with van der Waals surface area (Å²) in [4.78, 5) is 34.9. The van der Waals surface area contributed by atoms with Crippen LogP contribution in [0, 0.1) is 17.0 Å². The van der Waals surface area contributed by atoms with Crippen molar-refractivity contribution in [2.45, 2.75) is 6.92 Å². The Morgan fingerprint density at radius 2 is 1.93 bits per heavy atom. The number of benzene rings is 2. The molecule has 3 rings (SSSR count). The Bertz CT molecular complexity index is 1080. The number of carbonyl (C=O) groups is 2. The minimum atomic E-state index is -0.618. The second-order valence-corrected chi connectivity index (χ2v) is 6.84. The number of nitro benzene ring substituents is 1. The number of amides is 1. The predicted molar refractivity (Wildman–Crippen MR) is 109 cm³/mol. The van der Waals surface area contributed by atoms with Gasteiger partial charge in [-0.2, -0.15) is 5.10 Å². The number of hydrogen-bond donors (Lipinski definition) is 1. The number of nitrogens with one attached hydrogen (secondary N) is 1. The maximum atomic E-state index is 12.2. The molecule has 1 amide bonds. The van der Waals surface area contributed by atoms with Crippen molar-refractivity contribution in [1.82, 2.24) is 5.43 Å². The quantitative estimate of drug-likeness (QED) is 0.218. The first-order valence-corrected chi connectivity index (χ1v) is 9.26. The lowest BCUT2D eigenvalue weighted by molar-refractivity contribution is -0.385. The van der Waals surface area contributed by atoms with Crippen LogP contribution in [-0.2, 0) is 0 Å². The number of esters is 1. The maximum Gasteiger partial charge on any atom is 0.343 e. The van der Waals surface area contributed by atoms with Crippen LogP contribution in [0.5, 0.6) is 5.75 Å². The molecule has 0 saturated carbocycles. The van der Waals surface area contributed by atoms with Crippen LogP contribution >= 0.6 is 11.3 Å². The van der Waals surface area contributed by atoms with Crippen LogP contribution in [0.4, 0.5) is 5.69 Å². The number of hydrazone groups is 1. The van der Waals surface area contributed by atoms with E-state index in [9.17, 15) is 19.7 Å². The van der Waals surface area contributed by atoms with Gasteiger partial charge in [0.1, 0.15) is 5.75 Å². The van der Waals surface area contributed by atoms with Crippen molar-refractivity contribution < 1.29 is 19.2 Å². The first kappa shape index (κ1) is 19.9. The number of thiophene rings is 1. The zero-order valence-electron chi connectivity index (χ0n) is 15.2. The molecule has 0 aliphatic carbocycles. The van der Waals surface area contributed by atoms with Gasteiger partial charge in [-0.25, -0.2) is 10.2 Å². The molecule has 0 radical (unpaired) electrons. The summed E-state index contributed by atoms with van der Waals surface area (Å²) in [6, 6.07) is 14.0. The van der Waals surface area contributed by atoms with Crippen LogP contribution in [0.2, 0.25) is 0 Å². The van der Waals surface area contributed by atoms with E-state index in [1.165, 1.54) is 35.8 Å². The van der Waals surface area contributed by atoms with Gasteiger partial charge in [-0.1, -0.05) is 6.07 Å². The lowest BCUT2D eigenvalue weighted by Crippen LogP contribution is -2.16. The molecule has 1 heterocycles. The summed E-state index contributed by atoms with van der Waals surface area (Å²) >= 11 is 1.32. The van der Waals surface area contributed by atoms with Gasteiger partial charge in [-0.15, -0.1) is 11.3 Å². The predicted octanol–water partition coefficient (Wildman–Crippen LogP) is 3.95. The van der Waals surface area contributed by atoms with Gasteiger partial charge in [0.15, 0.2) is 0 Å². The number of aryl methyl sites for hydroxylation is 1. The van der Waals surface area contributed by atoms with E-state index in [0.717, 1.165) is 0 Å². The Labute approximate surface area is 169 Å². The molecule has 0 fully saturated rings. The van der Waals surface area contributed by atoms with Crippen molar-refractivity contribution in [2.24, 2.45) is 5.10 Å². The Hall–Kier alpha value is -3.85. The minimum absolute atomic E-state index is 0.0589. The third-order valence-electron chi connectivity index (χ3n) is 3.84. The van der Waals surface area contributed by atoms with Gasteiger partial charge < -0.3 is 4.74 Å². The standard InChI is InChI=1S/C20H15N3O5S/c1-13-11-15(6-9-17(13)23(26)27)20(25)28-16-7-4-14(5-8-16)12-21-22-19(24)18-3-2-10-29-18/h2-12H,1H3,(H,22,24). The number of rotatable bonds is 6. The molecular weight excluding hydrogens is 394 g/mol. The molecule has 3 aromatic rings. The molecule has 0 atom stereocenters. The Balaban J connectivity index is 1.59. The highest BCUT2D eigenvalue weighted by Gasteiger charge is 2.15. The number of nitrogens with zero attached hydrogens (tertiary/aromatic N) is 2. The highest BCUT2D eigenvalue weighted by atomic mass is 32.1. The fourth-order valence-electron chi connectivity index (χ4n) is 2.40. The van der Waals surface area contributed by atoms with Gasteiger partial charge in [0.05, 0.1) is 21.6 Å². The average molecular weight is 409 g/mol. The van der Waals surface area contributed by atoms with Gasteiger partial charge in [0, 0.05) is 11.6 Å². The molecule has 0 bridgehead atoms. The average Bonchev–Trinajstić information content (AvgIpc) is 3.24. The highest BCUT2D eigenvalue weighted by molar-refractivity contribution is 7.12. The minimum Gasteiger partial charge on any atom is -0.423 e. The molecule has 0 unspecified atom stereocenters. The van der Waals surface area contributed by atoms with Crippen molar-refractivity contribution in [1.29, 1.82) is 0 Å². The van der Waals surface area contributed by atoms with E-state index in [1.54, 1.807) is 48.7 Å². The third-order valence-corrected chi connectivity index (χ3v) is 4.71. The second kappa shape index (κ2) is 8.89. The summed E-state index contributed by atoms with van der Waals surface area (Å²) in [6.07, 6.45) is 1.47. The molecular formula is C20H15N3O5S. The lowest BCUT2D eigenvalue weighted by atomic mass is 10.1. The number of ether oxygens (including phenoxy) is 1. The summed E-state index contributed by atoms with van der Waals surface area (Å²) in [5.74, 6) is -0.599. The lowest BCUT2D eigenvalue weighted by Gasteiger charge is -2.05. The molecule has 9 heteroatoms. The molecule has 29 heavy (non-hydrogen) atoms. The maximum absolute atomic E-state index is 12.2. The SMILES string of the molecule is Cc1cc(C(=O)Oc2ccc(C=NNC(=O)c3cccs3)cc2)ccc1[N+](=O)[O-]. The van der Waals surface area contributed by atoms with E-state index >= 15 is 0 Å². The van der Waals surface area contributed by atoms with Crippen molar-refractivity contribution in [2.75, 3.05) is 0 Å². The van der Waals surface area contributed by atoms with Gasteiger partial charge in [-0.3, -0.25) is 14.9 Å². The van der Waals surface area contributed by atoms with Crippen LogP contribution in [0.1, 0.15) is 31.2 Å². The molecule has 0 aliphatic heterocycles. The van der Waals surface area contributed by atoms with Crippen molar-refractivity contribution in [3.8, 4) is 5.75 Å². The molecule has 0 aliphatic rings. The largest absolute Gasteiger partial charge is 0.423 e. The second-order valence-electron chi connectivity index (χ2n) is 5.89. The summed E-state index contributed by atoms with van der Waals surface area (Å²) < 4.78 is 5.28. The van der Waals surface area contributed by atoms with Crippen molar-refractivity contribution in [3.63, 3.8) is 0 Å². The van der Waals surface area contributed by atoms with E-state index in [4.69, 9.17) is 4.74 Å². The van der Waals surface area contributed by atoms with Gasteiger partial charge >= 0.3 is 5.97 Å². The fraction of sp³-hybridized carbons (Fsp3) is 0.0500. The van der Waals surface area contributed by atoms with Crippen LogP contribution in [0.15, 0.2) is 65.1 Å². The zero-order valence-corrected chi connectivity index (χ0v) is 16.0. The number of hydrogen-bond acceptors (Lipinski definition) is 7. The van der Waals surface area contributed by atoms with E-state index in [-0.39, 0.29) is 17.2 Å². The van der Waals surface area contributed by atoms with E-state index in [0.29, 0.717) is 21.8 Å². The Kier molecular flexibility index (Phi) is 6.10. The Morgan fingerprint density at radius 1 is 1.17 bits per heavy atom. The van der Waals surface area contributed by atoms with E-state index < -0.39 is 10.9 Å². The fourth-order valence-corrected chi connectivity index (χ4v) is 3.02. The van der Waals surface area contributed by atoms with Crippen LogP contribution in [0.3, 0.4) is 0 Å². The Morgan fingerprint density at radius 3 is 2.55 bits per heavy atom. The summed E-state index contributed by atoms with van der Waals surface area (Å²) in [6.45, 7) is 1.56. The number of carbonyl (C=O) groups excluding carboxylic acids is 2. The first-order valence-electron chi connectivity index (χ1n) is 8.38. The molecule has 1 N–H and O–H groups in total. The molecule has 146 valence electrons. The van der Waals surface area contributed by atoms with Crippen molar-refractivity contribution >= 4 is 35.1 Å². The van der Waals surface area contributed by atoms with Gasteiger partial charge in [-0.05, 0) is 60.3 Å². The van der Waals surface area contributed by atoms with Crippen LogP contribution in [0.25, 0.3) is 0 Å².